The SMILES string of the molecule is CC(=O)c1ccc(NS(=O)(=O)c2cc(Br)ccc2Br)cc1. The lowest BCUT2D eigenvalue weighted by molar-refractivity contribution is 0.101. The van der Waals surface area contributed by atoms with Crippen LogP contribution in [-0.4, -0.2) is 14.2 Å². The first-order valence-electron chi connectivity index (χ1n) is 5.88. The minimum absolute atomic E-state index is 0.0702. The summed E-state index contributed by atoms with van der Waals surface area (Å²) in [5.41, 5.74) is 0.924. The maximum Gasteiger partial charge on any atom is 0.263 e. The van der Waals surface area contributed by atoms with E-state index in [1.54, 1.807) is 36.4 Å². The fourth-order valence-corrected chi connectivity index (χ4v) is 4.23. The molecule has 0 aromatic heterocycles. The molecule has 0 spiro atoms. The highest BCUT2D eigenvalue weighted by atomic mass is 79.9. The van der Waals surface area contributed by atoms with Crippen molar-refractivity contribution < 1.29 is 13.2 Å². The van der Waals surface area contributed by atoms with Crippen LogP contribution in [0.25, 0.3) is 0 Å². The molecular weight excluding hydrogens is 422 g/mol. The van der Waals surface area contributed by atoms with Crippen LogP contribution in [0.1, 0.15) is 17.3 Å². The molecule has 0 amide bonds. The van der Waals surface area contributed by atoms with E-state index in [0.717, 1.165) is 0 Å². The van der Waals surface area contributed by atoms with E-state index >= 15 is 0 Å². The number of carbonyl (C=O) groups excluding carboxylic acids is 1. The van der Waals surface area contributed by atoms with E-state index in [-0.39, 0.29) is 10.7 Å². The second-order valence-electron chi connectivity index (χ2n) is 4.31. The summed E-state index contributed by atoms with van der Waals surface area (Å²) in [6.07, 6.45) is 0. The van der Waals surface area contributed by atoms with Gasteiger partial charge in [0.2, 0.25) is 0 Å². The van der Waals surface area contributed by atoms with E-state index in [9.17, 15) is 13.2 Å². The summed E-state index contributed by atoms with van der Waals surface area (Å²) < 4.78 is 28.3. The summed E-state index contributed by atoms with van der Waals surface area (Å²) in [6, 6.07) is 11.2. The van der Waals surface area contributed by atoms with Crippen LogP contribution < -0.4 is 4.72 Å². The van der Waals surface area contributed by atoms with Crippen molar-refractivity contribution in [1.82, 2.24) is 0 Å². The number of carbonyl (C=O) groups is 1. The Balaban J connectivity index is 2.33. The Bertz CT molecular complexity index is 786. The smallest absolute Gasteiger partial charge is 0.263 e. The van der Waals surface area contributed by atoms with Gasteiger partial charge in [-0.15, -0.1) is 0 Å². The maximum absolute atomic E-state index is 12.4. The van der Waals surface area contributed by atoms with Gasteiger partial charge in [-0.2, -0.15) is 0 Å². The minimum atomic E-state index is -3.71. The summed E-state index contributed by atoms with van der Waals surface area (Å²) in [4.78, 5) is 11.3. The molecule has 2 aromatic carbocycles. The fraction of sp³-hybridized carbons (Fsp3) is 0.0714. The molecular formula is C14H11Br2NO3S. The first kappa shape index (κ1) is 16.2. The third kappa shape index (κ3) is 3.93. The maximum atomic E-state index is 12.4. The van der Waals surface area contributed by atoms with Gasteiger partial charge in [0.15, 0.2) is 5.78 Å². The molecule has 2 rings (SSSR count). The van der Waals surface area contributed by atoms with Gasteiger partial charge >= 0.3 is 0 Å². The predicted octanol–water partition coefficient (Wildman–Crippen LogP) is 4.22. The quantitative estimate of drug-likeness (QED) is 0.735. The number of ketones is 1. The first-order chi connectivity index (χ1) is 9.79. The zero-order valence-electron chi connectivity index (χ0n) is 10.9. The molecule has 1 N–H and O–H groups in total. The van der Waals surface area contributed by atoms with E-state index in [1.165, 1.54) is 13.0 Å². The monoisotopic (exact) mass is 431 g/mol. The molecule has 7 heteroatoms. The van der Waals surface area contributed by atoms with Crippen molar-refractivity contribution >= 4 is 53.4 Å². The molecule has 0 aliphatic heterocycles. The third-order valence-electron chi connectivity index (χ3n) is 2.73. The number of halogens is 2. The average molecular weight is 433 g/mol. The highest BCUT2D eigenvalue weighted by Gasteiger charge is 2.18. The van der Waals surface area contributed by atoms with Gasteiger partial charge in [0.25, 0.3) is 10.0 Å². The molecule has 21 heavy (non-hydrogen) atoms. The van der Waals surface area contributed by atoms with E-state index in [2.05, 4.69) is 36.6 Å². The Morgan fingerprint density at radius 1 is 1.05 bits per heavy atom. The van der Waals surface area contributed by atoms with E-state index in [0.29, 0.717) is 20.2 Å². The summed E-state index contributed by atoms with van der Waals surface area (Å²) in [5, 5.41) is 0. The molecule has 0 bridgehead atoms. The first-order valence-corrected chi connectivity index (χ1v) is 8.95. The van der Waals surface area contributed by atoms with Gasteiger partial charge in [0.05, 0.1) is 0 Å². The van der Waals surface area contributed by atoms with Crippen LogP contribution in [-0.2, 0) is 10.0 Å². The Morgan fingerprint density at radius 2 is 1.67 bits per heavy atom. The van der Waals surface area contributed by atoms with E-state index < -0.39 is 10.0 Å². The molecule has 2 aromatic rings. The topological polar surface area (TPSA) is 63.2 Å². The third-order valence-corrected chi connectivity index (χ3v) is 5.59. The highest BCUT2D eigenvalue weighted by Crippen LogP contribution is 2.27. The Kier molecular flexibility index (Phi) is 4.85. The Hall–Kier alpha value is -1.18. The van der Waals surface area contributed by atoms with Crippen LogP contribution in [0.5, 0.6) is 0 Å². The van der Waals surface area contributed by atoms with Gasteiger partial charge in [0, 0.05) is 20.2 Å². The van der Waals surface area contributed by atoms with Crippen LogP contribution in [0.4, 0.5) is 5.69 Å². The molecule has 0 saturated heterocycles. The molecule has 0 atom stereocenters. The number of sulfonamides is 1. The molecule has 0 aliphatic rings. The van der Waals surface area contributed by atoms with Crippen molar-refractivity contribution in [2.24, 2.45) is 0 Å². The fourth-order valence-electron chi connectivity index (χ4n) is 1.67. The number of Topliss-reactive ketones (excluding diaryl/α,β-unsaturated/α-hetero) is 1. The van der Waals surface area contributed by atoms with Crippen molar-refractivity contribution in [2.75, 3.05) is 4.72 Å². The van der Waals surface area contributed by atoms with Crippen LogP contribution in [0, 0.1) is 0 Å². The average Bonchev–Trinajstić information content (AvgIpc) is 2.41. The molecule has 0 aliphatic carbocycles. The van der Waals surface area contributed by atoms with Crippen molar-refractivity contribution in [3.8, 4) is 0 Å². The Labute approximate surface area is 139 Å². The zero-order chi connectivity index (χ0) is 15.6. The second-order valence-corrected chi connectivity index (χ2v) is 7.73. The van der Waals surface area contributed by atoms with Crippen LogP contribution in [0.15, 0.2) is 56.3 Å². The van der Waals surface area contributed by atoms with Gasteiger partial charge in [-0.05, 0) is 65.3 Å². The van der Waals surface area contributed by atoms with Crippen molar-refractivity contribution in [3.05, 3.63) is 57.0 Å². The number of benzene rings is 2. The number of anilines is 1. The number of hydrogen-bond acceptors (Lipinski definition) is 3. The number of nitrogens with one attached hydrogen (secondary N) is 1. The largest absolute Gasteiger partial charge is 0.295 e. The van der Waals surface area contributed by atoms with E-state index in [1.807, 2.05) is 0 Å². The molecule has 0 unspecified atom stereocenters. The summed E-state index contributed by atoms with van der Waals surface area (Å²) >= 11 is 6.47. The van der Waals surface area contributed by atoms with Crippen molar-refractivity contribution in [3.63, 3.8) is 0 Å². The summed E-state index contributed by atoms with van der Waals surface area (Å²) in [6.45, 7) is 1.46. The number of hydrogen-bond donors (Lipinski definition) is 1. The van der Waals surface area contributed by atoms with Crippen molar-refractivity contribution in [2.45, 2.75) is 11.8 Å². The lowest BCUT2D eigenvalue weighted by atomic mass is 10.1. The predicted molar refractivity (Wildman–Crippen MR) is 89.1 cm³/mol. The van der Waals surface area contributed by atoms with Crippen LogP contribution in [0.2, 0.25) is 0 Å². The molecule has 0 fully saturated rings. The lowest BCUT2D eigenvalue weighted by Gasteiger charge is -2.10. The number of rotatable bonds is 4. The van der Waals surface area contributed by atoms with Gasteiger partial charge < -0.3 is 0 Å². The molecule has 4 nitrogen and oxygen atoms in total. The molecule has 0 heterocycles. The summed E-state index contributed by atoms with van der Waals surface area (Å²) in [5.74, 6) is -0.0702. The zero-order valence-corrected chi connectivity index (χ0v) is 14.9. The normalized spacial score (nSPS) is 11.2. The Morgan fingerprint density at radius 3 is 2.24 bits per heavy atom. The molecule has 110 valence electrons. The highest BCUT2D eigenvalue weighted by molar-refractivity contribution is 9.11. The van der Waals surface area contributed by atoms with Crippen LogP contribution in [0.3, 0.4) is 0 Å². The van der Waals surface area contributed by atoms with Crippen molar-refractivity contribution in [1.29, 1.82) is 0 Å². The minimum Gasteiger partial charge on any atom is -0.295 e. The molecule has 0 radical (unpaired) electrons. The van der Waals surface area contributed by atoms with E-state index in [4.69, 9.17) is 0 Å². The van der Waals surface area contributed by atoms with Gasteiger partial charge in [-0.25, -0.2) is 8.42 Å². The standard InChI is InChI=1S/C14H11Br2NO3S/c1-9(18)10-2-5-12(6-3-10)17-21(19,20)14-8-11(15)4-7-13(14)16/h2-8,17H,1H3. The van der Waals surface area contributed by atoms with Crippen LogP contribution >= 0.6 is 31.9 Å². The lowest BCUT2D eigenvalue weighted by Crippen LogP contribution is -2.13. The molecule has 0 saturated carbocycles. The second kappa shape index (κ2) is 6.29. The van der Waals surface area contributed by atoms with Gasteiger partial charge in [-0.3, -0.25) is 9.52 Å². The van der Waals surface area contributed by atoms with Gasteiger partial charge in [-0.1, -0.05) is 15.9 Å². The summed E-state index contributed by atoms with van der Waals surface area (Å²) in [7, 11) is -3.71. The van der Waals surface area contributed by atoms with Gasteiger partial charge in [0.1, 0.15) is 4.90 Å².